The second kappa shape index (κ2) is 6.15. The van der Waals surface area contributed by atoms with Crippen LogP contribution in [0.5, 0.6) is 0 Å². The number of para-hydroxylation sites is 1. The van der Waals surface area contributed by atoms with E-state index < -0.39 is 11.6 Å². The van der Waals surface area contributed by atoms with Crippen molar-refractivity contribution >= 4 is 17.6 Å². The van der Waals surface area contributed by atoms with Crippen molar-refractivity contribution in [2.45, 2.75) is 12.5 Å². The highest BCUT2D eigenvalue weighted by Gasteiger charge is 2.54. The number of hydrogen-bond donors (Lipinski definition) is 1. The standard InChI is InChI=1S/C22H18N2O2/c1-16-12-14-18(15-13-16)22(17-8-4-2-5-9-17)20(25)24(21(26)23-22)19-10-6-3-7-11-19/h2-15H,1H3,(H,23,26). The molecule has 0 saturated carbocycles. The Hall–Kier alpha value is -3.40. The largest absolute Gasteiger partial charge is 0.330 e. The number of amides is 3. The van der Waals surface area contributed by atoms with Gasteiger partial charge in [0.1, 0.15) is 0 Å². The van der Waals surface area contributed by atoms with Crippen molar-refractivity contribution in [1.29, 1.82) is 0 Å². The molecule has 1 aliphatic heterocycles. The first-order chi connectivity index (χ1) is 12.6. The fraction of sp³-hybridized carbons (Fsp3) is 0.0909. The number of benzene rings is 3. The molecule has 4 heteroatoms. The van der Waals surface area contributed by atoms with Gasteiger partial charge in [0.05, 0.1) is 5.69 Å². The molecule has 4 rings (SSSR count). The number of nitrogens with zero attached hydrogens (tertiary/aromatic N) is 1. The molecule has 0 spiro atoms. The number of urea groups is 1. The zero-order valence-corrected chi connectivity index (χ0v) is 14.3. The summed E-state index contributed by atoms with van der Waals surface area (Å²) in [6, 6.07) is 25.6. The average Bonchev–Trinajstić information content (AvgIpc) is 2.95. The molecule has 0 radical (unpaired) electrons. The monoisotopic (exact) mass is 342 g/mol. The minimum absolute atomic E-state index is 0.302. The van der Waals surface area contributed by atoms with Gasteiger partial charge in [-0.05, 0) is 30.2 Å². The highest BCUT2D eigenvalue weighted by molar-refractivity contribution is 6.24. The first-order valence-electron chi connectivity index (χ1n) is 8.47. The quantitative estimate of drug-likeness (QED) is 0.732. The predicted molar refractivity (Wildman–Crippen MR) is 101 cm³/mol. The third kappa shape index (κ3) is 2.39. The van der Waals surface area contributed by atoms with E-state index in [-0.39, 0.29) is 5.91 Å². The first kappa shape index (κ1) is 16.1. The summed E-state index contributed by atoms with van der Waals surface area (Å²) in [5.41, 5.74) is 1.89. The lowest BCUT2D eigenvalue weighted by Crippen LogP contribution is -2.45. The molecule has 4 nitrogen and oxygen atoms in total. The normalized spacial score (nSPS) is 19.5. The summed E-state index contributed by atoms with van der Waals surface area (Å²) < 4.78 is 0. The first-order valence-corrected chi connectivity index (χ1v) is 8.47. The van der Waals surface area contributed by atoms with Crippen molar-refractivity contribution in [2.24, 2.45) is 0 Å². The number of aryl methyl sites for hydroxylation is 1. The third-order valence-electron chi connectivity index (χ3n) is 4.73. The van der Waals surface area contributed by atoms with E-state index in [0.717, 1.165) is 16.7 Å². The highest BCUT2D eigenvalue weighted by atomic mass is 16.2. The maximum atomic E-state index is 13.6. The summed E-state index contributed by atoms with van der Waals surface area (Å²) in [6.07, 6.45) is 0. The van der Waals surface area contributed by atoms with Gasteiger partial charge in [0.2, 0.25) is 0 Å². The minimum Gasteiger partial charge on any atom is -0.315 e. The molecule has 1 unspecified atom stereocenters. The molecule has 0 aliphatic carbocycles. The van der Waals surface area contributed by atoms with E-state index >= 15 is 0 Å². The molecule has 0 bridgehead atoms. The predicted octanol–water partition coefficient (Wildman–Crippen LogP) is 4.00. The second-order valence-corrected chi connectivity index (χ2v) is 6.39. The van der Waals surface area contributed by atoms with Crippen molar-refractivity contribution in [3.8, 4) is 0 Å². The molecule has 1 saturated heterocycles. The zero-order chi connectivity index (χ0) is 18.1. The Kier molecular flexibility index (Phi) is 3.81. The van der Waals surface area contributed by atoms with Crippen LogP contribution in [0.1, 0.15) is 16.7 Å². The van der Waals surface area contributed by atoms with E-state index in [0.29, 0.717) is 5.69 Å². The van der Waals surface area contributed by atoms with Crippen LogP contribution in [0.4, 0.5) is 10.5 Å². The summed E-state index contributed by atoms with van der Waals surface area (Å²) in [5.74, 6) is -0.302. The Labute approximate surface area is 152 Å². The summed E-state index contributed by atoms with van der Waals surface area (Å²) in [5, 5.41) is 2.96. The van der Waals surface area contributed by atoms with Crippen molar-refractivity contribution < 1.29 is 9.59 Å². The zero-order valence-electron chi connectivity index (χ0n) is 14.3. The van der Waals surface area contributed by atoms with Crippen molar-refractivity contribution in [2.75, 3.05) is 4.90 Å². The lowest BCUT2D eigenvalue weighted by Gasteiger charge is -2.28. The van der Waals surface area contributed by atoms with Crippen LogP contribution in [0.2, 0.25) is 0 Å². The fourth-order valence-electron chi connectivity index (χ4n) is 3.39. The number of nitrogens with one attached hydrogen (secondary N) is 1. The van der Waals surface area contributed by atoms with Crippen LogP contribution in [0.3, 0.4) is 0 Å². The van der Waals surface area contributed by atoms with Gasteiger partial charge < -0.3 is 5.32 Å². The highest BCUT2D eigenvalue weighted by Crippen LogP contribution is 2.38. The Bertz CT molecular complexity index is 952. The van der Waals surface area contributed by atoms with Crippen LogP contribution in [0.25, 0.3) is 0 Å². The van der Waals surface area contributed by atoms with E-state index in [1.54, 1.807) is 12.1 Å². The van der Waals surface area contributed by atoms with Crippen molar-refractivity contribution in [3.63, 3.8) is 0 Å². The second-order valence-electron chi connectivity index (χ2n) is 6.39. The van der Waals surface area contributed by atoms with Crippen molar-refractivity contribution in [3.05, 3.63) is 102 Å². The van der Waals surface area contributed by atoms with Crippen LogP contribution < -0.4 is 10.2 Å². The molecule has 1 fully saturated rings. The summed E-state index contributed by atoms with van der Waals surface area (Å²) in [6.45, 7) is 1.99. The number of carbonyl (C=O) groups excluding carboxylic acids is 2. The van der Waals surface area contributed by atoms with Crippen LogP contribution in [-0.2, 0) is 10.3 Å². The Morgan fingerprint density at radius 3 is 1.88 bits per heavy atom. The molecule has 26 heavy (non-hydrogen) atoms. The van der Waals surface area contributed by atoms with Crippen LogP contribution >= 0.6 is 0 Å². The van der Waals surface area contributed by atoms with Crippen molar-refractivity contribution in [1.82, 2.24) is 5.32 Å². The lowest BCUT2D eigenvalue weighted by molar-refractivity contribution is -0.121. The van der Waals surface area contributed by atoms with E-state index in [9.17, 15) is 9.59 Å². The third-order valence-corrected chi connectivity index (χ3v) is 4.73. The van der Waals surface area contributed by atoms with Gasteiger partial charge in [0.25, 0.3) is 5.91 Å². The van der Waals surface area contributed by atoms with Gasteiger partial charge in [-0.15, -0.1) is 0 Å². The van der Waals surface area contributed by atoms with E-state index in [2.05, 4.69) is 5.32 Å². The molecule has 1 atom stereocenters. The molecule has 1 aliphatic rings. The number of anilines is 1. The van der Waals surface area contributed by atoms with Gasteiger partial charge in [0, 0.05) is 0 Å². The van der Waals surface area contributed by atoms with E-state index in [1.807, 2.05) is 79.7 Å². The number of carbonyl (C=O) groups is 2. The van der Waals surface area contributed by atoms with Gasteiger partial charge in [-0.3, -0.25) is 4.79 Å². The Morgan fingerprint density at radius 1 is 0.731 bits per heavy atom. The van der Waals surface area contributed by atoms with Gasteiger partial charge in [-0.2, -0.15) is 0 Å². The summed E-state index contributed by atoms with van der Waals surface area (Å²) in [4.78, 5) is 27.6. The molecule has 3 aromatic carbocycles. The summed E-state index contributed by atoms with van der Waals surface area (Å²) >= 11 is 0. The fourth-order valence-corrected chi connectivity index (χ4v) is 3.39. The number of imide groups is 1. The summed E-state index contributed by atoms with van der Waals surface area (Å²) in [7, 11) is 0. The number of rotatable bonds is 3. The smallest absolute Gasteiger partial charge is 0.315 e. The van der Waals surface area contributed by atoms with Crippen LogP contribution in [-0.4, -0.2) is 11.9 Å². The average molecular weight is 342 g/mol. The van der Waals surface area contributed by atoms with E-state index in [4.69, 9.17) is 0 Å². The van der Waals surface area contributed by atoms with Gasteiger partial charge >= 0.3 is 6.03 Å². The van der Waals surface area contributed by atoms with E-state index in [1.165, 1.54) is 4.90 Å². The lowest BCUT2D eigenvalue weighted by atomic mass is 9.82. The maximum Gasteiger partial charge on any atom is 0.330 e. The number of hydrogen-bond acceptors (Lipinski definition) is 2. The molecule has 1 N–H and O–H groups in total. The Morgan fingerprint density at radius 2 is 1.27 bits per heavy atom. The molecule has 3 aromatic rings. The SMILES string of the molecule is Cc1ccc(C2(c3ccccc3)NC(=O)N(c3ccccc3)C2=O)cc1. The molecule has 3 amide bonds. The topological polar surface area (TPSA) is 49.4 Å². The molecule has 1 heterocycles. The minimum atomic E-state index is -1.23. The molecule has 128 valence electrons. The Balaban J connectivity index is 1.91. The molecular weight excluding hydrogens is 324 g/mol. The maximum absolute atomic E-state index is 13.6. The van der Waals surface area contributed by atoms with Gasteiger partial charge in [-0.25, -0.2) is 9.69 Å². The molecule has 0 aromatic heterocycles. The van der Waals surface area contributed by atoms with Gasteiger partial charge in [0.15, 0.2) is 5.54 Å². The van der Waals surface area contributed by atoms with Crippen LogP contribution in [0.15, 0.2) is 84.9 Å². The van der Waals surface area contributed by atoms with Crippen LogP contribution in [0, 0.1) is 6.92 Å². The van der Waals surface area contributed by atoms with Gasteiger partial charge in [-0.1, -0.05) is 78.4 Å². The molecular formula is C22H18N2O2.